The fraction of sp³-hybridized carbons (Fsp3) is 0.286. The molecule has 35 heavy (non-hydrogen) atoms. The predicted octanol–water partition coefficient (Wildman–Crippen LogP) is 4.25. The maximum Gasteiger partial charge on any atom is 0.259 e. The number of hydrogen-bond acceptors (Lipinski definition) is 3. The Bertz CT molecular complexity index is 1520. The summed E-state index contributed by atoms with van der Waals surface area (Å²) in [4.78, 5) is 28.9. The SMILES string of the molecule is CN(C)C[C@@H]1CCn2c(c(C3=C(c4cn(C)c5ccccc45)C(=O)NC3=O)c3ccccc32)C1.Cl. The average Bonchev–Trinajstić information content (AvgIpc) is 3.41. The molecule has 0 radical (unpaired) electrons. The van der Waals surface area contributed by atoms with Gasteiger partial charge in [-0.15, -0.1) is 12.4 Å². The highest BCUT2D eigenvalue weighted by molar-refractivity contribution is 6.51. The van der Waals surface area contributed by atoms with E-state index in [4.69, 9.17) is 0 Å². The lowest BCUT2D eigenvalue weighted by Gasteiger charge is -2.28. The number of carbonyl (C=O) groups is 2. The molecule has 0 aliphatic carbocycles. The van der Waals surface area contributed by atoms with Crippen molar-refractivity contribution >= 4 is 57.2 Å². The van der Waals surface area contributed by atoms with E-state index in [-0.39, 0.29) is 24.2 Å². The first-order chi connectivity index (χ1) is 16.4. The normalized spacial score (nSPS) is 17.9. The van der Waals surface area contributed by atoms with Crippen molar-refractivity contribution in [2.75, 3.05) is 20.6 Å². The number of fused-ring (bicyclic) bond motifs is 4. The molecule has 0 spiro atoms. The Hall–Kier alpha value is -3.35. The molecule has 2 aliphatic rings. The van der Waals surface area contributed by atoms with Crippen LogP contribution in [0.25, 0.3) is 33.0 Å². The third-order valence-electron chi connectivity index (χ3n) is 7.29. The van der Waals surface area contributed by atoms with Crippen molar-refractivity contribution in [3.8, 4) is 0 Å². The second-order valence-electron chi connectivity index (χ2n) is 9.82. The summed E-state index contributed by atoms with van der Waals surface area (Å²) >= 11 is 0. The number of carbonyl (C=O) groups excluding carboxylic acids is 2. The smallest absolute Gasteiger partial charge is 0.259 e. The van der Waals surface area contributed by atoms with Crippen molar-refractivity contribution in [2.24, 2.45) is 13.0 Å². The number of rotatable bonds is 4. The largest absolute Gasteiger partial charge is 0.350 e. The maximum absolute atomic E-state index is 13.4. The predicted molar refractivity (Wildman–Crippen MR) is 142 cm³/mol. The zero-order valence-electron chi connectivity index (χ0n) is 20.2. The number of halogens is 1. The molecule has 2 amide bonds. The molecule has 2 aromatic heterocycles. The number of imide groups is 1. The van der Waals surface area contributed by atoms with Gasteiger partial charge in [0.2, 0.25) is 0 Å². The number of amides is 2. The fourth-order valence-electron chi connectivity index (χ4n) is 5.95. The first kappa shape index (κ1) is 23.4. The highest BCUT2D eigenvalue weighted by atomic mass is 35.5. The van der Waals surface area contributed by atoms with Crippen LogP contribution in [0.15, 0.2) is 54.7 Å². The van der Waals surface area contributed by atoms with Crippen LogP contribution in [0.4, 0.5) is 0 Å². The Labute approximate surface area is 210 Å². The molecular formula is C28H29ClN4O2. The van der Waals surface area contributed by atoms with E-state index < -0.39 is 0 Å². The van der Waals surface area contributed by atoms with Gasteiger partial charge in [0.1, 0.15) is 0 Å². The van der Waals surface area contributed by atoms with Gasteiger partial charge in [0.05, 0.1) is 11.1 Å². The lowest BCUT2D eigenvalue weighted by molar-refractivity contribution is -0.122. The maximum atomic E-state index is 13.4. The van der Waals surface area contributed by atoms with E-state index in [1.807, 2.05) is 54.2 Å². The molecule has 2 aromatic carbocycles. The lowest BCUT2D eigenvalue weighted by Crippen LogP contribution is -2.29. The molecule has 0 saturated heterocycles. The molecule has 1 atom stereocenters. The third-order valence-corrected chi connectivity index (χ3v) is 7.29. The molecule has 6 nitrogen and oxygen atoms in total. The molecular weight excluding hydrogens is 460 g/mol. The lowest BCUT2D eigenvalue weighted by atomic mass is 9.89. The molecule has 0 saturated carbocycles. The summed E-state index contributed by atoms with van der Waals surface area (Å²) in [6.07, 6.45) is 3.96. The monoisotopic (exact) mass is 488 g/mol. The molecule has 4 aromatic rings. The fourth-order valence-corrected chi connectivity index (χ4v) is 5.95. The summed E-state index contributed by atoms with van der Waals surface area (Å²) in [5.74, 6) is -0.116. The molecule has 180 valence electrons. The van der Waals surface area contributed by atoms with Crippen molar-refractivity contribution in [2.45, 2.75) is 19.4 Å². The second-order valence-corrected chi connectivity index (χ2v) is 9.82. The van der Waals surface area contributed by atoms with Crippen LogP contribution in [0, 0.1) is 5.92 Å². The molecule has 6 rings (SSSR count). The standard InChI is InChI=1S/C28H28N4O2.ClH/c1-30(2)15-17-12-13-32-22-11-7-5-9-19(22)24(23(32)14-17)26-25(27(33)29-28(26)34)20-16-31(3)21-10-6-4-8-18(20)21;/h4-11,16-17H,12-15H2,1-3H3,(H,29,33,34);1H/t17-;/m1./s1. The number of nitrogens with zero attached hydrogens (tertiary/aromatic N) is 3. The topological polar surface area (TPSA) is 59.3 Å². The van der Waals surface area contributed by atoms with E-state index >= 15 is 0 Å². The van der Waals surface area contributed by atoms with Gasteiger partial charge in [0.25, 0.3) is 11.8 Å². The van der Waals surface area contributed by atoms with Crippen LogP contribution in [0.5, 0.6) is 0 Å². The molecule has 0 unspecified atom stereocenters. The van der Waals surface area contributed by atoms with Gasteiger partial charge in [-0.3, -0.25) is 14.9 Å². The van der Waals surface area contributed by atoms with E-state index in [0.29, 0.717) is 17.1 Å². The van der Waals surface area contributed by atoms with E-state index in [1.54, 1.807) is 0 Å². The highest BCUT2D eigenvalue weighted by Gasteiger charge is 2.38. The van der Waals surface area contributed by atoms with Crippen LogP contribution in [0.3, 0.4) is 0 Å². The summed E-state index contributed by atoms with van der Waals surface area (Å²) in [6, 6.07) is 16.3. The minimum Gasteiger partial charge on any atom is -0.350 e. The summed E-state index contributed by atoms with van der Waals surface area (Å²) in [7, 11) is 6.19. The van der Waals surface area contributed by atoms with E-state index in [9.17, 15) is 9.59 Å². The minimum atomic E-state index is -0.318. The second kappa shape index (κ2) is 8.70. The van der Waals surface area contributed by atoms with E-state index in [2.05, 4.69) is 41.0 Å². The van der Waals surface area contributed by atoms with Crippen molar-refractivity contribution in [3.63, 3.8) is 0 Å². The van der Waals surface area contributed by atoms with E-state index in [0.717, 1.165) is 64.6 Å². The highest BCUT2D eigenvalue weighted by Crippen LogP contribution is 2.42. The van der Waals surface area contributed by atoms with Gasteiger partial charge in [-0.2, -0.15) is 0 Å². The van der Waals surface area contributed by atoms with Crippen LogP contribution in [0.2, 0.25) is 0 Å². The molecule has 7 heteroatoms. The zero-order valence-corrected chi connectivity index (χ0v) is 21.0. The molecule has 0 fully saturated rings. The summed E-state index contributed by atoms with van der Waals surface area (Å²) in [6.45, 7) is 1.92. The third kappa shape index (κ3) is 3.60. The van der Waals surface area contributed by atoms with Gasteiger partial charge < -0.3 is 14.0 Å². The van der Waals surface area contributed by atoms with Gasteiger partial charge in [0, 0.05) is 65.0 Å². The van der Waals surface area contributed by atoms with Crippen molar-refractivity contribution in [3.05, 3.63) is 71.5 Å². The van der Waals surface area contributed by atoms with Gasteiger partial charge in [0.15, 0.2) is 0 Å². The molecule has 0 bridgehead atoms. The molecule has 1 N–H and O–H groups in total. The summed E-state index contributed by atoms with van der Waals surface area (Å²) < 4.78 is 4.38. The van der Waals surface area contributed by atoms with Crippen molar-refractivity contribution < 1.29 is 9.59 Å². The average molecular weight is 489 g/mol. The van der Waals surface area contributed by atoms with Crippen LogP contribution < -0.4 is 5.32 Å². The van der Waals surface area contributed by atoms with Crippen molar-refractivity contribution in [1.29, 1.82) is 0 Å². The number of para-hydroxylation sites is 2. The Balaban J connectivity index is 0.00000253. The quantitative estimate of drug-likeness (QED) is 0.437. The Morgan fingerprint density at radius 1 is 0.943 bits per heavy atom. The summed E-state index contributed by atoms with van der Waals surface area (Å²) in [5, 5.41) is 4.63. The van der Waals surface area contributed by atoms with E-state index in [1.165, 1.54) is 0 Å². The van der Waals surface area contributed by atoms with Crippen LogP contribution in [-0.2, 0) is 29.6 Å². The number of aromatic nitrogens is 2. The van der Waals surface area contributed by atoms with Gasteiger partial charge in [-0.25, -0.2) is 0 Å². The first-order valence-corrected chi connectivity index (χ1v) is 11.8. The molecule has 4 heterocycles. The van der Waals surface area contributed by atoms with Gasteiger partial charge in [-0.1, -0.05) is 36.4 Å². The minimum absolute atomic E-state index is 0. The Morgan fingerprint density at radius 2 is 1.60 bits per heavy atom. The Morgan fingerprint density at radius 3 is 2.34 bits per heavy atom. The van der Waals surface area contributed by atoms with Crippen LogP contribution in [-0.4, -0.2) is 46.5 Å². The van der Waals surface area contributed by atoms with Crippen LogP contribution >= 0.6 is 12.4 Å². The summed E-state index contributed by atoms with van der Waals surface area (Å²) in [5.41, 5.74) is 6.05. The number of benzene rings is 2. The van der Waals surface area contributed by atoms with Crippen molar-refractivity contribution in [1.82, 2.24) is 19.4 Å². The zero-order chi connectivity index (χ0) is 23.6. The first-order valence-electron chi connectivity index (χ1n) is 11.8. The number of aryl methyl sites for hydroxylation is 2. The Kier molecular flexibility index (Phi) is 5.82. The number of hydrogen-bond donors (Lipinski definition) is 1. The van der Waals surface area contributed by atoms with Gasteiger partial charge >= 0.3 is 0 Å². The molecule has 2 aliphatic heterocycles. The van der Waals surface area contributed by atoms with Gasteiger partial charge in [-0.05, 0) is 45.0 Å². The number of nitrogens with one attached hydrogen (secondary N) is 1. The van der Waals surface area contributed by atoms with Crippen LogP contribution in [0.1, 0.15) is 23.2 Å².